The maximum Gasteiger partial charge on any atom is 0.191 e. The lowest BCUT2D eigenvalue weighted by atomic mass is 10.2. The highest BCUT2D eigenvalue weighted by atomic mass is 32.2. The fourth-order valence-corrected chi connectivity index (χ4v) is 4.11. The molecule has 0 saturated carbocycles. The van der Waals surface area contributed by atoms with Gasteiger partial charge in [0.1, 0.15) is 10.6 Å². The third-order valence-electron chi connectivity index (χ3n) is 2.90. The highest BCUT2D eigenvalue weighted by Crippen LogP contribution is 2.39. The van der Waals surface area contributed by atoms with Crippen molar-refractivity contribution in [3.63, 3.8) is 0 Å². The first-order valence-electron chi connectivity index (χ1n) is 5.61. The molecule has 5 heteroatoms. The molecule has 0 unspecified atom stereocenters. The number of aromatic nitrogens is 2. The summed E-state index contributed by atoms with van der Waals surface area (Å²) >= 11 is 3.35. The van der Waals surface area contributed by atoms with Crippen molar-refractivity contribution in [1.29, 1.82) is 0 Å². The Balaban J connectivity index is 2.11. The molecular weight excluding hydrogens is 250 g/mol. The highest BCUT2D eigenvalue weighted by molar-refractivity contribution is 7.99. The van der Waals surface area contributed by atoms with E-state index in [2.05, 4.69) is 16.5 Å². The molecule has 1 aliphatic rings. The van der Waals surface area contributed by atoms with Crippen LogP contribution in [0, 0.1) is 0 Å². The second-order valence-corrected chi connectivity index (χ2v) is 6.10. The third-order valence-corrected chi connectivity index (χ3v) is 4.93. The minimum Gasteiger partial charge on any atom is -0.383 e. The maximum absolute atomic E-state index is 6.06. The van der Waals surface area contributed by atoms with E-state index in [1.165, 1.54) is 23.3 Å². The molecule has 3 nitrogen and oxygen atoms in total. The minimum atomic E-state index is 0.640. The quantitative estimate of drug-likeness (QED) is 0.525. The number of thioether (sulfide) groups is 1. The monoisotopic (exact) mass is 263 g/mol. The predicted molar refractivity (Wildman–Crippen MR) is 74.8 cm³/mol. The van der Waals surface area contributed by atoms with Gasteiger partial charge in [0.15, 0.2) is 5.16 Å². The van der Waals surface area contributed by atoms with E-state index in [9.17, 15) is 0 Å². The molecule has 0 atom stereocenters. The van der Waals surface area contributed by atoms with Gasteiger partial charge in [-0.25, -0.2) is 9.97 Å². The van der Waals surface area contributed by atoms with Crippen LogP contribution < -0.4 is 5.73 Å². The van der Waals surface area contributed by atoms with Crippen LogP contribution in [0.25, 0.3) is 10.2 Å². The molecule has 2 N–H and O–H groups in total. The summed E-state index contributed by atoms with van der Waals surface area (Å²) in [6, 6.07) is 0. The average molecular weight is 263 g/mol. The van der Waals surface area contributed by atoms with Gasteiger partial charge in [-0.3, -0.25) is 0 Å². The zero-order valence-corrected chi connectivity index (χ0v) is 11.0. The van der Waals surface area contributed by atoms with Gasteiger partial charge in [0.2, 0.25) is 0 Å². The Morgan fingerprint density at radius 2 is 2.29 bits per heavy atom. The molecule has 0 spiro atoms. The second-order valence-electron chi connectivity index (χ2n) is 4.03. The SMILES string of the molecule is C=CCSc1nc(N)c2c3c(sc2n1)CCC3. The molecule has 2 aromatic heterocycles. The van der Waals surface area contributed by atoms with Crippen molar-refractivity contribution in [2.75, 3.05) is 11.5 Å². The molecule has 1 aliphatic carbocycles. The van der Waals surface area contributed by atoms with Gasteiger partial charge < -0.3 is 5.73 Å². The number of thiophene rings is 1. The van der Waals surface area contributed by atoms with Crippen LogP contribution in [-0.2, 0) is 12.8 Å². The largest absolute Gasteiger partial charge is 0.383 e. The Bertz CT molecular complexity index is 589. The fourth-order valence-electron chi connectivity index (χ4n) is 2.20. The zero-order valence-electron chi connectivity index (χ0n) is 9.40. The van der Waals surface area contributed by atoms with Crippen LogP contribution in [0.3, 0.4) is 0 Å². The van der Waals surface area contributed by atoms with Crippen LogP contribution in [0.4, 0.5) is 5.82 Å². The molecule has 0 bridgehead atoms. The predicted octanol–water partition coefficient (Wildman–Crippen LogP) is 3.04. The van der Waals surface area contributed by atoms with E-state index in [-0.39, 0.29) is 0 Å². The molecular formula is C12H13N3S2. The lowest BCUT2D eigenvalue weighted by Gasteiger charge is -2.01. The number of fused-ring (bicyclic) bond motifs is 3. The number of anilines is 1. The zero-order chi connectivity index (χ0) is 11.8. The summed E-state index contributed by atoms with van der Waals surface area (Å²) in [5, 5.41) is 1.86. The number of nitrogens with two attached hydrogens (primary N) is 1. The van der Waals surface area contributed by atoms with Crippen LogP contribution in [0.2, 0.25) is 0 Å². The Morgan fingerprint density at radius 3 is 3.12 bits per heavy atom. The Labute approximate surface area is 108 Å². The first-order chi connectivity index (χ1) is 8.29. The summed E-state index contributed by atoms with van der Waals surface area (Å²) in [5.41, 5.74) is 7.45. The summed E-state index contributed by atoms with van der Waals surface area (Å²) in [6.07, 6.45) is 5.39. The van der Waals surface area contributed by atoms with Gasteiger partial charge in [-0.1, -0.05) is 17.8 Å². The lowest BCUT2D eigenvalue weighted by molar-refractivity contribution is 0.916. The van der Waals surface area contributed by atoms with E-state index in [0.29, 0.717) is 5.82 Å². The second kappa shape index (κ2) is 4.31. The van der Waals surface area contributed by atoms with Gasteiger partial charge in [-0.05, 0) is 24.8 Å². The van der Waals surface area contributed by atoms with Crippen LogP contribution in [0.1, 0.15) is 16.9 Å². The molecule has 0 amide bonds. The van der Waals surface area contributed by atoms with Crippen LogP contribution >= 0.6 is 23.1 Å². The maximum atomic E-state index is 6.06. The number of nitrogens with zero attached hydrogens (tertiary/aromatic N) is 2. The molecule has 0 aromatic carbocycles. The van der Waals surface area contributed by atoms with Crippen molar-refractivity contribution < 1.29 is 0 Å². The topological polar surface area (TPSA) is 51.8 Å². The molecule has 0 fully saturated rings. The highest BCUT2D eigenvalue weighted by Gasteiger charge is 2.21. The average Bonchev–Trinajstić information content (AvgIpc) is 2.85. The van der Waals surface area contributed by atoms with E-state index in [4.69, 9.17) is 5.73 Å². The van der Waals surface area contributed by atoms with Gasteiger partial charge in [-0.2, -0.15) is 0 Å². The van der Waals surface area contributed by atoms with Crippen molar-refractivity contribution >= 4 is 39.1 Å². The molecule has 17 heavy (non-hydrogen) atoms. The van der Waals surface area contributed by atoms with Crippen molar-refractivity contribution in [1.82, 2.24) is 9.97 Å². The van der Waals surface area contributed by atoms with Crippen molar-refractivity contribution in [2.45, 2.75) is 24.4 Å². The lowest BCUT2D eigenvalue weighted by Crippen LogP contribution is -1.96. The molecule has 2 heterocycles. The molecule has 0 aliphatic heterocycles. The van der Waals surface area contributed by atoms with Crippen LogP contribution in [0.5, 0.6) is 0 Å². The fraction of sp³-hybridized carbons (Fsp3) is 0.333. The Hall–Kier alpha value is -1.07. The molecule has 0 radical (unpaired) electrons. The van der Waals surface area contributed by atoms with Gasteiger partial charge in [-0.15, -0.1) is 17.9 Å². The number of hydrogen-bond donors (Lipinski definition) is 1. The van der Waals surface area contributed by atoms with Crippen molar-refractivity contribution in [3.8, 4) is 0 Å². The molecule has 2 aromatic rings. The van der Waals surface area contributed by atoms with Gasteiger partial charge in [0, 0.05) is 10.6 Å². The van der Waals surface area contributed by atoms with E-state index in [1.807, 2.05) is 6.08 Å². The first kappa shape index (κ1) is 11.0. The first-order valence-corrected chi connectivity index (χ1v) is 7.41. The molecule has 0 saturated heterocycles. The summed E-state index contributed by atoms with van der Waals surface area (Å²) in [5.74, 6) is 1.46. The van der Waals surface area contributed by atoms with Crippen LogP contribution in [-0.4, -0.2) is 15.7 Å². The Kier molecular flexibility index (Phi) is 2.80. The van der Waals surface area contributed by atoms with E-state index < -0.39 is 0 Å². The number of rotatable bonds is 3. The summed E-state index contributed by atoms with van der Waals surface area (Å²) in [6.45, 7) is 3.70. The van der Waals surface area contributed by atoms with Gasteiger partial charge >= 0.3 is 0 Å². The summed E-state index contributed by atoms with van der Waals surface area (Å²) in [4.78, 5) is 11.5. The summed E-state index contributed by atoms with van der Waals surface area (Å²) < 4.78 is 0. The van der Waals surface area contributed by atoms with E-state index in [0.717, 1.165) is 27.5 Å². The van der Waals surface area contributed by atoms with Crippen molar-refractivity contribution in [2.24, 2.45) is 0 Å². The summed E-state index contributed by atoms with van der Waals surface area (Å²) in [7, 11) is 0. The third kappa shape index (κ3) is 1.83. The van der Waals surface area contributed by atoms with E-state index in [1.54, 1.807) is 23.1 Å². The number of nitrogen functional groups attached to an aromatic ring is 1. The smallest absolute Gasteiger partial charge is 0.191 e. The standard InChI is InChI=1S/C12H13N3S2/c1-2-6-16-12-14-10(13)9-7-4-3-5-8(7)17-11(9)15-12/h2H,1,3-6H2,(H2,13,14,15). The number of aryl methyl sites for hydroxylation is 2. The van der Waals surface area contributed by atoms with Crippen LogP contribution in [0.15, 0.2) is 17.8 Å². The number of hydrogen-bond acceptors (Lipinski definition) is 5. The molecule has 88 valence electrons. The van der Waals surface area contributed by atoms with Gasteiger partial charge in [0.05, 0.1) is 5.39 Å². The Morgan fingerprint density at radius 1 is 1.41 bits per heavy atom. The minimum absolute atomic E-state index is 0.640. The van der Waals surface area contributed by atoms with Gasteiger partial charge in [0.25, 0.3) is 0 Å². The van der Waals surface area contributed by atoms with Crippen molar-refractivity contribution in [3.05, 3.63) is 23.1 Å². The van der Waals surface area contributed by atoms with E-state index >= 15 is 0 Å². The molecule has 3 rings (SSSR count). The normalized spacial score (nSPS) is 14.1.